The predicted octanol–water partition coefficient (Wildman–Crippen LogP) is 1.99. The van der Waals surface area contributed by atoms with Gasteiger partial charge < -0.3 is 10.2 Å². The number of nitrogens with zero attached hydrogens (tertiary/aromatic N) is 2. The molecule has 26 heavy (non-hydrogen) atoms. The average Bonchev–Trinajstić information content (AvgIpc) is 3.50. The number of benzene rings is 1. The second-order valence-electron chi connectivity index (χ2n) is 7.98. The van der Waals surface area contributed by atoms with Crippen molar-refractivity contribution in [2.45, 2.75) is 57.5 Å². The number of nitrogens with one attached hydrogen (secondary N) is 1. The van der Waals surface area contributed by atoms with Crippen LogP contribution in [0.2, 0.25) is 0 Å². The molecule has 1 aromatic rings. The summed E-state index contributed by atoms with van der Waals surface area (Å²) in [5.74, 6) is 0.259. The Labute approximate surface area is 155 Å². The Kier molecular flexibility index (Phi) is 4.98. The molecule has 0 bridgehead atoms. The highest BCUT2D eigenvalue weighted by atomic mass is 16.2. The fraction of sp³-hybridized carbons (Fsp3) is 0.619. The van der Waals surface area contributed by atoms with E-state index in [4.69, 9.17) is 0 Å². The molecular weight excluding hydrogens is 326 g/mol. The van der Waals surface area contributed by atoms with Crippen molar-refractivity contribution in [3.05, 3.63) is 34.9 Å². The van der Waals surface area contributed by atoms with E-state index >= 15 is 0 Å². The predicted molar refractivity (Wildman–Crippen MR) is 101 cm³/mol. The molecule has 140 valence electrons. The smallest absolute Gasteiger partial charge is 0.253 e. The summed E-state index contributed by atoms with van der Waals surface area (Å²) in [6.45, 7) is 4.87. The van der Waals surface area contributed by atoms with Crippen LogP contribution in [0.1, 0.15) is 54.1 Å². The molecular formula is C21H29N3O2. The van der Waals surface area contributed by atoms with Gasteiger partial charge in [0.1, 0.15) is 0 Å². The molecule has 0 spiro atoms. The lowest BCUT2D eigenvalue weighted by atomic mass is 9.90. The van der Waals surface area contributed by atoms with Crippen LogP contribution in [-0.4, -0.2) is 59.9 Å². The van der Waals surface area contributed by atoms with Crippen LogP contribution in [0.15, 0.2) is 18.2 Å². The molecule has 3 aliphatic rings. The van der Waals surface area contributed by atoms with Gasteiger partial charge in [-0.2, -0.15) is 0 Å². The average molecular weight is 355 g/mol. The molecule has 2 amide bonds. The molecule has 1 N–H and O–H groups in total. The van der Waals surface area contributed by atoms with Crippen LogP contribution in [0, 0.1) is 0 Å². The van der Waals surface area contributed by atoms with Crippen LogP contribution in [0.4, 0.5) is 0 Å². The number of carbonyl (C=O) groups is 2. The SMILES string of the molecule is CC(C(=O)NC1CC1)N1CCN(C(=O)c2ccc3c(c2)CCCC3)CC1. The molecule has 1 saturated heterocycles. The number of hydrogen-bond acceptors (Lipinski definition) is 3. The molecule has 0 radical (unpaired) electrons. The molecule has 1 aromatic carbocycles. The van der Waals surface area contributed by atoms with Gasteiger partial charge in [0.25, 0.3) is 5.91 Å². The summed E-state index contributed by atoms with van der Waals surface area (Å²) in [4.78, 5) is 29.2. The first-order valence-corrected chi connectivity index (χ1v) is 10.1. The van der Waals surface area contributed by atoms with Gasteiger partial charge in [0.2, 0.25) is 5.91 Å². The van der Waals surface area contributed by atoms with E-state index in [1.807, 2.05) is 17.9 Å². The van der Waals surface area contributed by atoms with Crippen LogP contribution in [0.25, 0.3) is 0 Å². The normalized spacial score (nSPS) is 21.8. The minimum Gasteiger partial charge on any atom is -0.352 e. The molecule has 5 nitrogen and oxygen atoms in total. The first-order chi connectivity index (χ1) is 12.6. The molecule has 2 aliphatic carbocycles. The van der Waals surface area contributed by atoms with Gasteiger partial charge in [0.15, 0.2) is 0 Å². The maximum atomic E-state index is 12.9. The third-order valence-corrected chi connectivity index (χ3v) is 6.05. The number of fused-ring (bicyclic) bond motifs is 1. The lowest BCUT2D eigenvalue weighted by Gasteiger charge is -2.37. The summed E-state index contributed by atoms with van der Waals surface area (Å²) in [7, 11) is 0. The molecule has 1 heterocycles. The molecule has 1 atom stereocenters. The van der Waals surface area contributed by atoms with E-state index in [-0.39, 0.29) is 17.9 Å². The van der Waals surface area contributed by atoms with Gasteiger partial charge in [0, 0.05) is 37.8 Å². The van der Waals surface area contributed by atoms with E-state index in [0.717, 1.165) is 44.3 Å². The van der Waals surface area contributed by atoms with Gasteiger partial charge in [-0.25, -0.2) is 0 Å². The van der Waals surface area contributed by atoms with Crippen molar-refractivity contribution in [1.82, 2.24) is 15.1 Å². The molecule has 0 aromatic heterocycles. The van der Waals surface area contributed by atoms with E-state index in [1.165, 1.54) is 24.0 Å². The van der Waals surface area contributed by atoms with Crippen molar-refractivity contribution in [1.29, 1.82) is 0 Å². The van der Waals surface area contributed by atoms with E-state index in [2.05, 4.69) is 22.3 Å². The second kappa shape index (κ2) is 7.39. The summed E-state index contributed by atoms with van der Waals surface area (Å²) in [6, 6.07) is 6.52. The zero-order chi connectivity index (χ0) is 18.1. The highest BCUT2D eigenvalue weighted by Gasteiger charge is 2.31. The monoisotopic (exact) mass is 355 g/mol. The van der Waals surface area contributed by atoms with E-state index < -0.39 is 0 Å². The number of carbonyl (C=O) groups excluding carboxylic acids is 2. The molecule has 1 unspecified atom stereocenters. The van der Waals surface area contributed by atoms with E-state index in [0.29, 0.717) is 19.1 Å². The first kappa shape index (κ1) is 17.5. The largest absolute Gasteiger partial charge is 0.352 e. The fourth-order valence-electron chi connectivity index (χ4n) is 4.08. The number of amides is 2. The minimum absolute atomic E-state index is 0.114. The van der Waals surface area contributed by atoms with Gasteiger partial charge in [-0.05, 0) is 68.7 Å². The third kappa shape index (κ3) is 3.78. The lowest BCUT2D eigenvalue weighted by molar-refractivity contribution is -0.126. The highest BCUT2D eigenvalue weighted by Crippen LogP contribution is 2.23. The Morgan fingerprint density at radius 3 is 2.42 bits per heavy atom. The van der Waals surface area contributed by atoms with Crippen molar-refractivity contribution in [3.63, 3.8) is 0 Å². The van der Waals surface area contributed by atoms with Crippen molar-refractivity contribution in [2.75, 3.05) is 26.2 Å². The highest BCUT2D eigenvalue weighted by molar-refractivity contribution is 5.94. The maximum absolute atomic E-state index is 12.9. The Morgan fingerprint density at radius 1 is 1.04 bits per heavy atom. The Hall–Kier alpha value is -1.88. The lowest BCUT2D eigenvalue weighted by Crippen LogP contribution is -2.55. The zero-order valence-corrected chi connectivity index (χ0v) is 15.7. The molecule has 1 aliphatic heterocycles. The molecule has 2 fully saturated rings. The summed E-state index contributed by atoms with van der Waals surface area (Å²) in [6.07, 6.45) is 6.95. The van der Waals surface area contributed by atoms with Crippen molar-refractivity contribution < 1.29 is 9.59 Å². The standard InChI is InChI=1S/C21H29N3O2/c1-15(20(25)22-19-8-9-19)23-10-12-24(13-11-23)21(26)18-7-6-16-4-2-3-5-17(16)14-18/h6-7,14-15,19H,2-5,8-13H2,1H3,(H,22,25). The second-order valence-corrected chi connectivity index (χ2v) is 7.98. The van der Waals surface area contributed by atoms with Crippen LogP contribution < -0.4 is 5.32 Å². The van der Waals surface area contributed by atoms with E-state index in [9.17, 15) is 9.59 Å². The number of aryl methyl sites for hydroxylation is 2. The van der Waals surface area contributed by atoms with Crippen LogP contribution >= 0.6 is 0 Å². The van der Waals surface area contributed by atoms with Crippen LogP contribution in [-0.2, 0) is 17.6 Å². The molecule has 4 rings (SSSR count). The topological polar surface area (TPSA) is 52.7 Å². The van der Waals surface area contributed by atoms with Crippen molar-refractivity contribution in [2.24, 2.45) is 0 Å². The Bertz CT molecular complexity index is 690. The first-order valence-electron chi connectivity index (χ1n) is 10.1. The van der Waals surface area contributed by atoms with Gasteiger partial charge >= 0.3 is 0 Å². The molecule has 5 heteroatoms. The zero-order valence-electron chi connectivity index (χ0n) is 15.7. The Morgan fingerprint density at radius 2 is 1.73 bits per heavy atom. The summed E-state index contributed by atoms with van der Waals surface area (Å²) >= 11 is 0. The van der Waals surface area contributed by atoms with Crippen LogP contribution in [0.3, 0.4) is 0 Å². The van der Waals surface area contributed by atoms with E-state index in [1.54, 1.807) is 0 Å². The number of rotatable bonds is 4. The third-order valence-electron chi connectivity index (χ3n) is 6.05. The quantitative estimate of drug-likeness (QED) is 0.899. The number of piperazine rings is 1. The summed E-state index contributed by atoms with van der Waals surface area (Å²) in [5, 5.41) is 3.08. The van der Waals surface area contributed by atoms with Gasteiger partial charge in [-0.1, -0.05) is 6.07 Å². The van der Waals surface area contributed by atoms with Crippen molar-refractivity contribution in [3.8, 4) is 0 Å². The van der Waals surface area contributed by atoms with Crippen molar-refractivity contribution >= 4 is 11.8 Å². The summed E-state index contributed by atoms with van der Waals surface area (Å²) < 4.78 is 0. The summed E-state index contributed by atoms with van der Waals surface area (Å²) in [5.41, 5.74) is 3.58. The van der Waals surface area contributed by atoms with Gasteiger partial charge in [-0.3, -0.25) is 14.5 Å². The molecule has 1 saturated carbocycles. The maximum Gasteiger partial charge on any atom is 0.253 e. The minimum atomic E-state index is -0.114. The Balaban J connectivity index is 1.33. The number of hydrogen-bond donors (Lipinski definition) is 1. The van der Waals surface area contributed by atoms with Gasteiger partial charge in [-0.15, -0.1) is 0 Å². The van der Waals surface area contributed by atoms with Gasteiger partial charge in [0.05, 0.1) is 6.04 Å². The van der Waals surface area contributed by atoms with Crippen LogP contribution in [0.5, 0.6) is 0 Å². The fourth-order valence-corrected chi connectivity index (χ4v) is 4.08.